The van der Waals surface area contributed by atoms with E-state index in [9.17, 15) is 14.4 Å². The van der Waals surface area contributed by atoms with Crippen molar-refractivity contribution in [3.8, 4) is 0 Å². The lowest BCUT2D eigenvalue weighted by atomic mass is 10.2. The van der Waals surface area contributed by atoms with Gasteiger partial charge in [-0.1, -0.05) is 0 Å². The fourth-order valence-corrected chi connectivity index (χ4v) is 3.71. The number of nitrogens with zero attached hydrogens (tertiary/aromatic N) is 5. The van der Waals surface area contributed by atoms with Crippen molar-refractivity contribution in [2.24, 2.45) is 9.98 Å². The molecule has 2 rings (SSSR count). The molecule has 1 aromatic rings. The molecule has 0 atom stereocenters. The van der Waals surface area contributed by atoms with Crippen LogP contribution in [0.5, 0.6) is 0 Å². The van der Waals surface area contributed by atoms with E-state index in [1.54, 1.807) is 6.92 Å². The van der Waals surface area contributed by atoms with Gasteiger partial charge in [0.1, 0.15) is 0 Å². The lowest BCUT2D eigenvalue weighted by molar-refractivity contribution is -0.870. The number of carbonyl (C=O) groups excluding carboxylic acids is 2. The number of urea groups is 2. The van der Waals surface area contributed by atoms with E-state index in [0.29, 0.717) is 31.3 Å². The number of rotatable bonds is 13. The van der Waals surface area contributed by atoms with Gasteiger partial charge in [0.05, 0.1) is 27.7 Å². The summed E-state index contributed by atoms with van der Waals surface area (Å²) in [7, 11) is 6.52. The van der Waals surface area contributed by atoms with Gasteiger partial charge < -0.3 is 20.0 Å². The maximum absolute atomic E-state index is 12.1. The minimum Gasteiger partial charge on any atom is -0.338 e. The Labute approximate surface area is 218 Å². The second kappa shape index (κ2) is 15.1. The molecule has 0 saturated heterocycles. The molecule has 0 aromatic carbocycles. The molecule has 0 saturated carbocycles. The van der Waals surface area contributed by atoms with E-state index in [1.807, 2.05) is 6.92 Å². The largest absolute Gasteiger partial charge is 0.338 e. The zero-order chi connectivity index (χ0) is 27.3. The van der Waals surface area contributed by atoms with Crippen LogP contribution in [0, 0.1) is 6.92 Å². The standard InChI is InChI=1S/C24H42N10O3/c1-18-9-12-25-21(28-18)31-23(36)26-10-6-13-33(15-8-16-34(3,4)5)14-7-11-27-24(37)32-22-29-19(2)17-20(35)30-22/h17H,6-16H2,1-5H3,(H4-,25,26,27,29,30,31,32,35,36,37)/p+1. The number of guanidine groups is 1. The topological polar surface area (TPSA) is 156 Å². The van der Waals surface area contributed by atoms with E-state index < -0.39 is 6.03 Å². The van der Waals surface area contributed by atoms with E-state index in [-0.39, 0.29) is 17.5 Å². The van der Waals surface area contributed by atoms with Crippen LogP contribution in [0.2, 0.25) is 0 Å². The van der Waals surface area contributed by atoms with Crippen molar-refractivity contribution < 1.29 is 14.1 Å². The first-order valence-corrected chi connectivity index (χ1v) is 12.8. The molecule has 5 N–H and O–H groups in total. The van der Waals surface area contributed by atoms with Crippen molar-refractivity contribution in [3.05, 3.63) is 22.1 Å². The van der Waals surface area contributed by atoms with E-state index >= 15 is 0 Å². The van der Waals surface area contributed by atoms with Crippen LogP contribution in [-0.2, 0) is 0 Å². The Morgan fingerprint density at radius 3 is 2.22 bits per heavy atom. The summed E-state index contributed by atoms with van der Waals surface area (Å²) in [6.45, 7) is 8.92. The lowest BCUT2D eigenvalue weighted by Gasteiger charge is -2.27. The van der Waals surface area contributed by atoms with Crippen LogP contribution in [0.15, 0.2) is 20.8 Å². The number of hydrogen-bond donors (Lipinski definition) is 5. The Morgan fingerprint density at radius 2 is 1.62 bits per heavy atom. The highest BCUT2D eigenvalue weighted by molar-refractivity contribution is 6.04. The Morgan fingerprint density at radius 1 is 1.00 bits per heavy atom. The molecule has 0 radical (unpaired) electrons. The fourth-order valence-electron chi connectivity index (χ4n) is 3.71. The normalized spacial score (nSPS) is 13.6. The van der Waals surface area contributed by atoms with E-state index in [4.69, 9.17) is 0 Å². The van der Waals surface area contributed by atoms with Crippen LogP contribution in [0.25, 0.3) is 0 Å². The average molecular weight is 520 g/mol. The van der Waals surface area contributed by atoms with Crippen LogP contribution < -0.4 is 26.8 Å². The number of aromatic nitrogens is 2. The van der Waals surface area contributed by atoms with E-state index in [1.165, 1.54) is 6.07 Å². The molecule has 0 fully saturated rings. The lowest BCUT2D eigenvalue weighted by Crippen LogP contribution is -2.41. The number of carbonyl (C=O) groups is 2. The number of quaternary nitrogens is 1. The highest BCUT2D eigenvalue weighted by Crippen LogP contribution is 2.01. The molecule has 1 aliphatic heterocycles. The van der Waals surface area contributed by atoms with Gasteiger partial charge in [-0.3, -0.25) is 25.4 Å². The summed E-state index contributed by atoms with van der Waals surface area (Å²) in [4.78, 5) is 53.2. The van der Waals surface area contributed by atoms with Crippen molar-refractivity contribution in [2.75, 3.05) is 72.3 Å². The summed E-state index contributed by atoms with van der Waals surface area (Å²) in [5.41, 5.74) is 1.18. The first-order chi connectivity index (χ1) is 17.5. The minimum absolute atomic E-state index is 0.124. The van der Waals surface area contributed by atoms with Gasteiger partial charge in [-0.2, -0.15) is 0 Å². The second-order valence-corrected chi connectivity index (χ2v) is 10.2. The van der Waals surface area contributed by atoms with Crippen LogP contribution >= 0.6 is 0 Å². The summed E-state index contributed by atoms with van der Waals surface area (Å²) >= 11 is 0. The first kappa shape index (κ1) is 29.9. The minimum atomic E-state index is -0.414. The molecule has 13 nitrogen and oxygen atoms in total. The SMILES string of the molecule is CC1=NC(NC(=O)NCCCN(CCCNC(=O)Nc2nc(C)cc(=O)[nH]2)CCC[N+](C)(C)C)=NCC1. The maximum atomic E-state index is 12.1. The van der Waals surface area contributed by atoms with Gasteiger partial charge in [-0.05, 0) is 39.8 Å². The fraction of sp³-hybridized carbons (Fsp3) is 0.667. The zero-order valence-corrected chi connectivity index (χ0v) is 22.8. The summed E-state index contributed by atoms with van der Waals surface area (Å²) in [6.07, 6.45) is 3.43. The van der Waals surface area contributed by atoms with Crippen molar-refractivity contribution in [1.29, 1.82) is 0 Å². The van der Waals surface area contributed by atoms with Crippen LogP contribution in [-0.4, -0.2) is 110 Å². The third-order valence-electron chi connectivity index (χ3n) is 5.54. The van der Waals surface area contributed by atoms with Crippen LogP contribution in [0.4, 0.5) is 15.5 Å². The Balaban J connectivity index is 1.71. The maximum Gasteiger partial charge on any atom is 0.321 e. The smallest absolute Gasteiger partial charge is 0.321 e. The Kier molecular flexibility index (Phi) is 12.2. The quantitative estimate of drug-likeness (QED) is 0.193. The summed E-state index contributed by atoms with van der Waals surface area (Å²) in [6, 6.07) is 0.648. The van der Waals surface area contributed by atoms with Crippen molar-refractivity contribution in [1.82, 2.24) is 30.8 Å². The van der Waals surface area contributed by atoms with Crippen LogP contribution in [0.1, 0.15) is 38.3 Å². The zero-order valence-electron chi connectivity index (χ0n) is 22.8. The number of anilines is 1. The number of amides is 4. The molecule has 0 bridgehead atoms. The van der Waals surface area contributed by atoms with Gasteiger partial charge in [0.25, 0.3) is 5.56 Å². The van der Waals surface area contributed by atoms with Gasteiger partial charge in [-0.25, -0.2) is 19.6 Å². The first-order valence-electron chi connectivity index (χ1n) is 12.8. The van der Waals surface area contributed by atoms with Crippen molar-refractivity contribution >= 4 is 29.7 Å². The second-order valence-electron chi connectivity index (χ2n) is 10.2. The number of H-pyrrole nitrogens is 1. The predicted octanol–water partition coefficient (Wildman–Crippen LogP) is 0.898. The molecule has 1 aromatic heterocycles. The predicted molar refractivity (Wildman–Crippen MR) is 146 cm³/mol. The molecule has 0 unspecified atom stereocenters. The van der Waals surface area contributed by atoms with E-state index in [2.05, 4.69) is 67.3 Å². The summed E-state index contributed by atoms with van der Waals surface area (Å²) < 4.78 is 0.901. The Hall–Kier alpha value is -3.32. The highest BCUT2D eigenvalue weighted by Gasteiger charge is 2.12. The molecular formula is C24H43N10O3+. The third-order valence-corrected chi connectivity index (χ3v) is 5.54. The highest BCUT2D eigenvalue weighted by atomic mass is 16.2. The number of nitrogens with one attached hydrogen (secondary N) is 5. The molecule has 2 heterocycles. The Bertz CT molecular complexity index is 1010. The van der Waals surface area contributed by atoms with Crippen molar-refractivity contribution in [3.63, 3.8) is 0 Å². The van der Waals surface area contributed by atoms with Gasteiger partial charge >= 0.3 is 12.1 Å². The monoisotopic (exact) mass is 519 g/mol. The number of hydrogen-bond acceptors (Lipinski definition) is 7. The van der Waals surface area contributed by atoms with E-state index in [0.717, 1.165) is 62.1 Å². The number of aryl methyl sites for hydroxylation is 1. The van der Waals surface area contributed by atoms with Gasteiger partial charge in [0, 0.05) is 56.5 Å². The number of aliphatic imine (C=N–C) groups is 2. The molecule has 206 valence electrons. The molecule has 13 heteroatoms. The van der Waals surface area contributed by atoms with Crippen LogP contribution in [0.3, 0.4) is 0 Å². The molecular weight excluding hydrogens is 476 g/mol. The van der Waals surface area contributed by atoms with Crippen molar-refractivity contribution in [2.45, 2.75) is 39.5 Å². The van der Waals surface area contributed by atoms with Gasteiger partial charge in [-0.15, -0.1) is 0 Å². The molecule has 0 aliphatic carbocycles. The summed E-state index contributed by atoms with van der Waals surface area (Å²) in [5.74, 6) is 0.489. The molecule has 1 aliphatic rings. The third kappa shape index (κ3) is 13.5. The molecule has 37 heavy (non-hydrogen) atoms. The average Bonchev–Trinajstić information content (AvgIpc) is 2.77. The van der Waals surface area contributed by atoms with Gasteiger partial charge in [0.15, 0.2) is 0 Å². The number of aromatic amines is 1. The summed E-state index contributed by atoms with van der Waals surface area (Å²) in [5, 5.41) is 10.9. The molecule has 4 amide bonds. The van der Waals surface area contributed by atoms with Gasteiger partial charge in [0.2, 0.25) is 11.9 Å². The molecule has 0 spiro atoms.